The van der Waals surface area contributed by atoms with Crippen LogP contribution in [-0.4, -0.2) is 43.2 Å². The van der Waals surface area contributed by atoms with Gasteiger partial charge < -0.3 is 19.5 Å². The van der Waals surface area contributed by atoms with E-state index in [1.807, 2.05) is 36.6 Å². The van der Waals surface area contributed by atoms with Gasteiger partial charge in [0, 0.05) is 24.1 Å². The van der Waals surface area contributed by atoms with Gasteiger partial charge in [-0.15, -0.1) is 11.3 Å². The number of nitrogens with one attached hydrogen (secondary N) is 1. The molecule has 10 heteroatoms. The van der Waals surface area contributed by atoms with Crippen molar-refractivity contribution in [1.82, 2.24) is 10.3 Å². The first kappa shape index (κ1) is 23.2. The van der Waals surface area contributed by atoms with Crippen LogP contribution in [0.5, 0.6) is 11.5 Å². The summed E-state index contributed by atoms with van der Waals surface area (Å²) in [6.07, 6.45) is 0. The molecular formula is C22H23N3O6S. The number of amides is 1. The Kier molecular flexibility index (Phi) is 7.74. The van der Waals surface area contributed by atoms with Crippen LogP contribution in [0.15, 0.2) is 41.8 Å². The van der Waals surface area contributed by atoms with Crippen molar-refractivity contribution in [2.45, 2.75) is 13.5 Å². The number of nitrogens with zero attached hydrogens (tertiary/aromatic N) is 2. The Hall–Kier alpha value is -3.50. The van der Waals surface area contributed by atoms with Crippen LogP contribution in [0.4, 0.5) is 5.69 Å². The molecule has 168 valence electrons. The van der Waals surface area contributed by atoms with Crippen molar-refractivity contribution in [3.05, 3.63) is 68.0 Å². The average Bonchev–Trinajstić information content (AvgIpc) is 3.26. The Morgan fingerprint density at radius 1 is 1.16 bits per heavy atom. The monoisotopic (exact) mass is 457 g/mol. The summed E-state index contributed by atoms with van der Waals surface area (Å²) in [5, 5.41) is 16.8. The maximum absolute atomic E-state index is 12.7. The van der Waals surface area contributed by atoms with Crippen LogP contribution in [0.25, 0.3) is 11.3 Å². The number of rotatable bonds is 10. The molecule has 3 aromatic rings. The summed E-state index contributed by atoms with van der Waals surface area (Å²) in [6, 6.07) is 10.5. The molecule has 1 N–H and O–H groups in total. The summed E-state index contributed by atoms with van der Waals surface area (Å²) in [4.78, 5) is 28.2. The first-order valence-electron chi connectivity index (χ1n) is 9.70. The van der Waals surface area contributed by atoms with Gasteiger partial charge in [0.15, 0.2) is 11.5 Å². The van der Waals surface area contributed by atoms with Crippen LogP contribution >= 0.6 is 11.3 Å². The third-order valence-electron chi connectivity index (χ3n) is 4.57. The standard InChI is InChI=1S/C22H23N3O6S/c1-14-4-6-15(7-5-14)17-13-32-21(24-17)12-23-22(26)16-10-19(30-3)20(31-9-8-29-2)11-18(16)25(27)28/h4-7,10-11,13H,8-9,12H2,1-3H3,(H,23,26). The molecule has 0 aliphatic rings. The van der Waals surface area contributed by atoms with E-state index < -0.39 is 10.8 Å². The van der Waals surface area contributed by atoms with Gasteiger partial charge in [0.25, 0.3) is 11.6 Å². The zero-order valence-corrected chi connectivity index (χ0v) is 18.7. The number of ether oxygens (including phenoxy) is 3. The van der Waals surface area contributed by atoms with Crippen LogP contribution in [0, 0.1) is 17.0 Å². The highest BCUT2D eigenvalue weighted by Gasteiger charge is 2.25. The summed E-state index contributed by atoms with van der Waals surface area (Å²) < 4.78 is 15.6. The minimum absolute atomic E-state index is 0.124. The fourth-order valence-electron chi connectivity index (χ4n) is 2.89. The zero-order chi connectivity index (χ0) is 23.1. The number of nitro groups is 1. The number of aromatic nitrogens is 1. The molecule has 2 aromatic carbocycles. The predicted molar refractivity (Wildman–Crippen MR) is 120 cm³/mol. The Morgan fingerprint density at radius 3 is 2.56 bits per heavy atom. The molecule has 9 nitrogen and oxygen atoms in total. The highest BCUT2D eigenvalue weighted by Crippen LogP contribution is 2.35. The van der Waals surface area contributed by atoms with E-state index in [4.69, 9.17) is 14.2 Å². The molecule has 0 atom stereocenters. The summed E-state index contributed by atoms with van der Waals surface area (Å²) in [5.74, 6) is -0.228. The molecule has 0 aliphatic carbocycles. The number of nitro benzene ring substituents is 1. The van der Waals surface area contributed by atoms with Crippen LogP contribution in [0.2, 0.25) is 0 Å². The minimum Gasteiger partial charge on any atom is -0.493 e. The average molecular weight is 458 g/mol. The van der Waals surface area contributed by atoms with Crippen LogP contribution in [0.1, 0.15) is 20.9 Å². The third kappa shape index (κ3) is 5.59. The Morgan fingerprint density at radius 2 is 1.91 bits per heavy atom. The lowest BCUT2D eigenvalue weighted by molar-refractivity contribution is -0.385. The Labute approximate surface area is 189 Å². The van der Waals surface area contributed by atoms with E-state index in [2.05, 4.69) is 10.3 Å². The number of aryl methyl sites for hydroxylation is 1. The highest BCUT2D eigenvalue weighted by atomic mass is 32.1. The Bertz CT molecular complexity index is 1100. The number of carbonyl (C=O) groups excluding carboxylic acids is 1. The number of hydrogen-bond acceptors (Lipinski definition) is 8. The van der Waals surface area contributed by atoms with Crippen molar-refractivity contribution >= 4 is 22.9 Å². The first-order valence-corrected chi connectivity index (χ1v) is 10.6. The van der Waals surface area contributed by atoms with Gasteiger partial charge in [-0.1, -0.05) is 29.8 Å². The molecule has 0 bridgehead atoms. The fourth-order valence-corrected chi connectivity index (χ4v) is 3.63. The van der Waals surface area contributed by atoms with Gasteiger partial charge in [0.2, 0.25) is 0 Å². The van der Waals surface area contributed by atoms with E-state index >= 15 is 0 Å². The van der Waals surface area contributed by atoms with Crippen LogP contribution < -0.4 is 14.8 Å². The molecule has 0 aliphatic heterocycles. The SMILES string of the molecule is COCCOc1cc([N+](=O)[O-])c(C(=O)NCc2nc(-c3ccc(C)cc3)cs2)cc1OC. The van der Waals surface area contributed by atoms with E-state index in [0.29, 0.717) is 11.6 Å². The number of methoxy groups -OCH3 is 2. The summed E-state index contributed by atoms with van der Waals surface area (Å²) in [5.41, 5.74) is 2.44. The summed E-state index contributed by atoms with van der Waals surface area (Å²) in [6.45, 7) is 2.64. The lowest BCUT2D eigenvalue weighted by Gasteiger charge is -2.12. The van der Waals surface area contributed by atoms with Crippen molar-refractivity contribution in [2.24, 2.45) is 0 Å². The molecule has 3 rings (SSSR count). The lowest BCUT2D eigenvalue weighted by atomic mass is 10.1. The second-order valence-corrected chi connectivity index (χ2v) is 7.74. The zero-order valence-electron chi connectivity index (χ0n) is 17.9. The number of hydrogen-bond donors (Lipinski definition) is 1. The molecule has 1 amide bonds. The molecule has 32 heavy (non-hydrogen) atoms. The number of carbonyl (C=O) groups is 1. The summed E-state index contributed by atoms with van der Waals surface area (Å²) >= 11 is 1.40. The maximum atomic E-state index is 12.7. The van der Waals surface area contributed by atoms with Crippen molar-refractivity contribution in [2.75, 3.05) is 27.4 Å². The summed E-state index contributed by atoms with van der Waals surface area (Å²) in [7, 11) is 2.91. The van der Waals surface area contributed by atoms with E-state index in [0.717, 1.165) is 16.8 Å². The molecule has 0 saturated heterocycles. The second-order valence-electron chi connectivity index (χ2n) is 6.79. The van der Waals surface area contributed by atoms with Gasteiger partial charge in [-0.3, -0.25) is 14.9 Å². The van der Waals surface area contributed by atoms with Crippen molar-refractivity contribution in [1.29, 1.82) is 0 Å². The second kappa shape index (κ2) is 10.7. The van der Waals surface area contributed by atoms with E-state index in [1.165, 1.54) is 37.7 Å². The van der Waals surface area contributed by atoms with Gasteiger partial charge in [-0.05, 0) is 6.92 Å². The van der Waals surface area contributed by atoms with Crippen molar-refractivity contribution in [3.8, 4) is 22.8 Å². The molecule has 1 heterocycles. The van der Waals surface area contributed by atoms with Gasteiger partial charge in [-0.25, -0.2) is 4.98 Å². The molecule has 0 radical (unpaired) electrons. The van der Waals surface area contributed by atoms with Gasteiger partial charge in [0.1, 0.15) is 17.2 Å². The number of thiazole rings is 1. The minimum atomic E-state index is -0.629. The smallest absolute Gasteiger partial charge is 0.286 e. The first-order chi connectivity index (χ1) is 15.4. The number of benzene rings is 2. The van der Waals surface area contributed by atoms with Crippen LogP contribution in [0.3, 0.4) is 0 Å². The van der Waals surface area contributed by atoms with Crippen molar-refractivity contribution in [3.63, 3.8) is 0 Å². The fraction of sp³-hybridized carbons (Fsp3) is 0.273. The molecule has 0 unspecified atom stereocenters. The van der Waals surface area contributed by atoms with E-state index in [1.54, 1.807) is 0 Å². The largest absolute Gasteiger partial charge is 0.493 e. The topological polar surface area (TPSA) is 113 Å². The van der Waals surface area contributed by atoms with E-state index in [-0.39, 0.29) is 35.9 Å². The van der Waals surface area contributed by atoms with E-state index in [9.17, 15) is 14.9 Å². The van der Waals surface area contributed by atoms with Crippen molar-refractivity contribution < 1.29 is 23.9 Å². The van der Waals surface area contributed by atoms with Gasteiger partial charge >= 0.3 is 0 Å². The highest BCUT2D eigenvalue weighted by molar-refractivity contribution is 7.09. The van der Waals surface area contributed by atoms with Crippen LogP contribution in [-0.2, 0) is 11.3 Å². The molecule has 0 fully saturated rings. The predicted octanol–water partition coefficient (Wildman–Crippen LogP) is 3.99. The lowest BCUT2D eigenvalue weighted by Crippen LogP contribution is -2.24. The van der Waals surface area contributed by atoms with Gasteiger partial charge in [-0.2, -0.15) is 0 Å². The van der Waals surface area contributed by atoms with Gasteiger partial charge in [0.05, 0.1) is 36.9 Å². The normalized spacial score (nSPS) is 10.6. The molecule has 0 saturated carbocycles. The molecule has 0 spiro atoms. The molecular weight excluding hydrogens is 434 g/mol. The molecule has 1 aromatic heterocycles. The quantitative estimate of drug-likeness (QED) is 0.278. The maximum Gasteiger partial charge on any atom is 0.286 e. The Balaban J connectivity index is 1.75. The third-order valence-corrected chi connectivity index (χ3v) is 5.42.